The van der Waals surface area contributed by atoms with Crippen molar-refractivity contribution in [3.63, 3.8) is 0 Å². The molecule has 1 heterocycles. The third-order valence-corrected chi connectivity index (χ3v) is 4.92. The molecule has 0 aliphatic heterocycles. The van der Waals surface area contributed by atoms with E-state index in [-0.39, 0.29) is 5.88 Å². The van der Waals surface area contributed by atoms with Gasteiger partial charge < -0.3 is 13.9 Å². The molecule has 0 atom stereocenters. The highest BCUT2D eigenvalue weighted by molar-refractivity contribution is 5.90. The largest absolute Gasteiger partial charge is 0.493 e. The van der Waals surface area contributed by atoms with Gasteiger partial charge in [0.2, 0.25) is 5.88 Å². The second-order valence-electron chi connectivity index (χ2n) is 6.93. The molecule has 0 fully saturated rings. The average molecular weight is 422 g/mol. The number of aliphatic imine (C=N–C) groups is 1. The second-order valence-corrected chi connectivity index (χ2v) is 6.93. The fourth-order valence-corrected chi connectivity index (χ4v) is 3.46. The van der Waals surface area contributed by atoms with Crippen molar-refractivity contribution in [3.05, 3.63) is 90.0 Å². The van der Waals surface area contributed by atoms with E-state index in [4.69, 9.17) is 13.9 Å². The van der Waals surface area contributed by atoms with Gasteiger partial charge in [0.05, 0.1) is 13.7 Å². The highest BCUT2D eigenvalue weighted by Gasteiger charge is 2.22. The van der Waals surface area contributed by atoms with Crippen LogP contribution in [0.1, 0.15) is 18.1 Å². The number of hydrogen-bond donors (Lipinski definition) is 0. The van der Waals surface area contributed by atoms with Crippen LogP contribution in [-0.4, -0.2) is 19.9 Å². The van der Waals surface area contributed by atoms with Crippen molar-refractivity contribution in [3.8, 4) is 40.0 Å². The molecule has 0 bridgehead atoms. The van der Waals surface area contributed by atoms with Gasteiger partial charge in [-0.15, -0.1) is 0 Å². The Morgan fingerprint density at radius 1 is 0.938 bits per heavy atom. The monoisotopic (exact) mass is 422 g/mol. The molecule has 1 aromatic heterocycles. The van der Waals surface area contributed by atoms with Gasteiger partial charge in [-0.2, -0.15) is 5.26 Å². The Morgan fingerprint density at radius 3 is 2.25 bits per heavy atom. The topological polar surface area (TPSA) is 67.8 Å². The van der Waals surface area contributed by atoms with E-state index in [1.54, 1.807) is 13.3 Å². The van der Waals surface area contributed by atoms with Gasteiger partial charge in [0, 0.05) is 17.3 Å². The molecule has 0 aliphatic carbocycles. The number of nitriles is 1. The van der Waals surface area contributed by atoms with E-state index in [0.717, 1.165) is 22.3 Å². The zero-order chi connectivity index (χ0) is 22.3. The van der Waals surface area contributed by atoms with Crippen LogP contribution < -0.4 is 9.47 Å². The van der Waals surface area contributed by atoms with Crippen molar-refractivity contribution in [1.29, 1.82) is 5.26 Å². The lowest BCUT2D eigenvalue weighted by molar-refractivity contribution is 0.311. The molecule has 0 radical (unpaired) electrons. The Morgan fingerprint density at radius 2 is 1.62 bits per heavy atom. The lowest BCUT2D eigenvalue weighted by Gasteiger charge is -2.09. The molecule has 0 spiro atoms. The molecule has 0 unspecified atom stereocenters. The Balaban J connectivity index is 1.81. The van der Waals surface area contributed by atoms with Crippen LogP contribution in [0, 0.1) is 11.3 Å². The van der Waals surface area contributed by atoms with Gasteiger partial charge in [0.25, 0.3) is 0 Å². The average Bonchev–Trinajstić information content (AvgIpc) is 3.23. The predicted molar refractivity (Wildman–Crippen MR) is 126 cm³/mol. The van der Waals surface area contributed by atoms with Crippen LogP contribution >= 0.6 is 0 Å². The number of furan rings is 1. The zero-order valence-electron chi connectivity index (χ0n) is 17.9. The van der Waals surface area contributed by atoms with E-state index in [9.17, 15) is 5.26 Å². The van der Waals surface area contributed by atoms with E-state index in [1.807, 2.05) is 85.8 Å². The van der Waals surface area contributed by atoms with Crippen LogP contribution in [-0.2, 0) is 0 Å². The van der Waals surface area contributed by atoms with E-state index in [1.165, 1.54) is 0 Å². The molecule has 158 valence electrons. The maximum Gasteiger partial charge on any atom is 0.238 e. The molecule has 0 N–H and O–H groups in total. The van der Waals surface area contributed by atoms with E-state index >= 15 is 0 Å². The Kier molecular flexibility index (Phi) is 6.33. The molecule has 0 saturated carbocycles. The van der Waals surface area contributed by atoms with Crippen LogP contribution in [0.5, 0.6) is 11.5 Å². The Bertz CT molecular complexity index is 1270. The number of rotatable bonds is 7. The van der Waals surface area contributed by atoms with E-state index in [2.05, 4.69) is 11.1 Å². The van der Waals surface area contributed by atoms with E-state index in [0.29, 0.717) is 29.4 Å². The molecular weight excluding hydrogens is 400 g/mol. The number of methoxy groups -OCH3 is 1. The summed E-state index contributed by atoms with van der Waals surface area (Å²) in [6, 6.07) is 27.3. The van der Waals surface area contributed by atoms with Crippen LogP contribution in [0.25, 0.3) is 22.5 Å². The van der Waals surface area contributed by atoms with Crippen LogP contribution in [0.2, 0.25) is 0 Å². The van der Waals surface area contributed by atoms with E-state index < -0.39 is 0 Å². The molecule has 5 heteroatoms. The second kappa shape index (κ2) is 9.67. The maximum absolute atomic E-state index is 9.98. The summed E-state index contributed by atoms with van der Waals surface area (Å²) in [7, 11) is 1.60. The van der Waals surface area contributed by atoms with Crippen molar-refractivity contribution in [2.24, 2.45) is 4.99 Å². The quantitative estimate of drug-likeness (QED) is 0.313. The van der Waals surface area contributed by atoms with Gasteiger partial charge in [-0.1, -0.05) is 60.7 Å². The van der Waals surface area contributed by atoms with Crippen LogP contribution in [0.3, 0.4) is 0 Å². The van der Waals surface area contributed by atoms with Crippen molar-refractivity contribution < 1.29 is 13.9 Å². The van der Waals surface area contributed by atoms with Gasteiger partial charge in [-0.05, 0) is 36.2 Å². The summed E-state index contributed by atoms with van der Waals surface area (Å²) in [5, 5.41) is 9.98. The first-order valence-corrected chi connectivity index (χ1v) is 10.3. The summed E-state index contributed by atoms with van der Waals surface area (Å²) in [6.45, 7) is 2.44. The standard InChI is InChI=1S/C27H22N2O3/c1-3-31-24-16-19(14-15-23(24)30-2)18-29-27-22(17-28)25(20-10-6-4-7-11-20)26(32-27)21-12-8-5-9-13-21/h4-16,18H,3H2,1-2H3. The number of nitrogens with zero attached hydrogens (tertiary/aromatic N) is 2. The number of hydrogen-bond acceptors (Lipinski definition) is 5. The highest BCUT2D eigenvalue weighted by atomic mass is 16.5. The first kappa shape index (κ1) is 21.0. The molecule has 0 amide bonds. The molecule has 3 aromatic carbocycles. The maximum atomic E-state index is 9.98. The van der Waals surface area contributed by atoms with Crippen molar-refractivity contribution in [1.82, 2.24) is 0 Å². The Hall–Kier alpha value is -4.30. The molecule has 0 saturated heterocycles. The summed E-state index contributed by atoms with van der Waals surface area (Å²) >= 11 is 0. The molecule has 4 aromatic rings. The molecule has 32 heavy (non-hydrogen) atoms. The van der Waals surface area contributed by atoms with Gasteiger partial charge >= 0.3 is 0 Å². The van der Waals surface area contributed by atoms with Gasteiger partial charge in [0.15, 0.2) is 11.5 Å². The molecule has 0 aliphatic rings. The fraction of sp³-hybridized carbons (Fsp3) is 0.111. The smallest absolute Gasteiger partial charge is 0.238 e. The predicted octanol–water partition coefficient (Wildman–Crippen LogP) is 6.64. The minimum Gasteiger partial charge on any atom is -0.493 e. The lowest BCUT2D eigenvalue weighted by Crippen LogP contribution is -1.96. The van der Waals surface area contributed by atoms with Crippen LogP contribution in [0.15, 0.2) is 88.3 Å². The molecule has 5 nitrogen and oxygen atoms in total. The van der Waals surface area contributed by atoms with Gasteiger partial charge in [0.1, 0.15) is 17.4 Å². The van der Waals surface area contributed by atoms with Gasteiger partial charge in [-0.3, -0.25) is 0 Å². The third-order valence-electron chi connectivity index (χ3n) is 4.92. The number of benzene rings is 3. The third kappa shape index (κ3) is 4.26. The van der Waals surface area contributed by atoms with Crippen molar-refractivity contribution in [2.75, 3.05) is 13.7 Å². The van der Waals surface area contributed by atoms with Crippen LogP contribution in [0.4, 0.5) is 5.88 Å². The SMILES string of the molecule is CCOc1cc(C=Nc2oc(-c3ccccc3)c(-c3ccccc3)c2C#N)ccc1OC. The van der Waals surface area contributed by atoms with Crippen molar-refractivity contribution >= 4 is 12.1 Å². The summed E-state index contributed by atoms with van der Waals surface area (Å²) in [6.07, 6.45) is 1.66. The summed E-state index contributed by atoms with van der Waals surface area (Å²) in [5.41, 5.74) is 3.71. The molecular formula is C27H22N2O3. The highest BCUT2D eigenvalue weighted by Crippen LogP contribution is 2.42. The first-order chi connectivity index (χ1) is 15.7. The summed E-state index contributed by atoms with van der Waals surface area (Å²) in [5.74, 6) is 2.16. The zero-order valence-corrected chi connectivity index (χ0v) is 17.9. The summed E-state index contributed by atoms with van der Waals surface area (Å²) < 4.78 is 17.1. The van der Waals surface area contributed by atoms with Crippen molar-refractivity contribution in [2.45, 2.75) is 6.92 Å². The number of ether oxygens (including phenoxy) is 2. The normalized spacial score (nSPS) is 10.8. The summed E-state index contributed by atoms with van der Waals surface area (Å²) in [4.78, 5) is 4.53. The minimum absolute atomic E-state index is 0.263. The fourth-order valence-electron chi connectivity index (χ4n) is 3.46. The lowest BCUT2D eigenvalue weighted by atomic mass is 9.98. The molecule has 4 rings (SSSR count). The minimum atomic E-state index is 0.263. The first-order valence-electron chi connectivity index (χ1n) is 10.3. The Labute approximate surface area is 187 Å². The van der Waals surface area contributed by atoms with Gasteiger partial charge in [-0.25, -0.2) is 4.99 Å².